The van der Waals surface area contributed by atoms with Gasteiger partial charge in [0.25, 0.3) is 0 Å². The Morgan fingerprint density at radius 1 is 0.632 bits per heavy atom. The molecule has 4 N–H and O–H groups in total. The zero-order valence-corrected chi connectivity index (χ0v) is 15.6. The molecule has 0 aromatic carbocycles. The first-order valence-corrected chi connectivity index (χ1v) is 6.79. The van der Waals surface area contributed by atoms with E-state index < -0.39 is 0 Å². The Kier molecular flexibility index (Phi) is 13.7. The molecule has 4 nitrogen and oxygen atoms in total. The third-order valence-electron chi connectivity index (χ3n) is 4.69. The number of nitrogens with zero attached hydrogens (tertiary/aromatic N) is 2. The maximum absolute atomic E-state index is 2.46. The molecular formula is C13H32Br2N2O2. The molecule has 0 spiro atoms. The fourth-order valence-corrected chi connectivity index (χ4v) is 3.48. The molecular weight excluding hydrogens is 376 g/mol. The molecule has 0 saturated carbocycles. The van der Waals surface area contributed by atoms with E-state index in [1.54, 1.807) is 0 Å². The minimum absolute atomic E-state index is 0. The number of halogens is 2. The first-order valence-electron chi connectivity index (χ1n) is 6.79. The lowest BCUT2D eigenvalue weighted by Crippen LogP contribution is -3.00. The first kappa shape index (κ1) is 24.8. The van der Waals surface area contributed by atoms with Gasteiger partial charge in [0.2, 0.25) is 0 Å². The van der Waals surface area contributed by atoms with Gasteiger partial charge < -0.3 is 53.9 Å². The van der Waals surface area contributed by atoms with Gasteiger partial charge in [-0.25, -0.2) is 0 Å². The zero-order chi connectivity index (χ0) is 10.8. The molecule has 0 atom stereocenters. The Bertz CT molecular complexity index is 197. The molecule has 120 valence electrons. The Balaban J connectivity index is -0.000000640. The van der Waals surface area contributed by atoms with Crippen molar-refractivity contribution in [3.8, 4) is 0 Å². The maximum Gasteiger partial charge on any atom is 0.0838 e. The summed E-state index contributed by atoms with van der Waals surface area (Å²) in [6.07, 6.45) is 7.28. The molecule has 2 aliphatic rings. The van der Waals surface area contributed by atoms with Crippen molar-refractivity contribution in [2.75, 3.05) is 53.4 Å². The second-order valence-electron chi connectivity index (χ2n) is 6.35. The lowest BCUT2D eigenvalue weighted by atomic mass is 10.3. The maximum atomic E-state index is 2.46. The normalized spacial score (nSPS) is 22.4. The molecule has 0 amide bonds. The third kappa shape index (κ3) is 7.39. The number of hydrogen-bond acceptors (Lipinski definition) is 0. The minimum atomic E-state index is 0. The van der Waals surface area contributed by atoms with Crippen LogP contribution in [0.15, 0.2) is 0 Å². The van der Waals surface area contributed by atoms with Gasteiger partial charge in [0.05, 0.1) is 53.4 Å². The van der Waals surface area contributed by atoms with Crippen molar-refractivity contribution in [3.63, 3.8) is 0 Å². The molecule has 0 radical (unpaired) electrons. The molecule has 2 fully saturated rings. The van der Waals surface area contributed by atoms with Gasteiger partial charge in [-0.05, 0) is 0 Å². The van der Waals surface area contributed by atoms with Gasteiger partial charge >= 0.3 is 0 Å². The van der Waals surface area contributed by atoms with Crippen LogP contribution >= 0.6 is 0 Å². The molecule has 0 aromatic rings. The Morgan fingerprint density at radius 2 is 0.895 bits per heavy atom. The molecule has 6 heteroatoms. The topological polar surface area (TPSA) is 63.0 Å². The van der Waals surface area contributed by atoms with Gasteiger partial charge in [0, 0.05) is 32.1 Å². The van der Waals surface area contributed by atoms with E-state index in [0.717, 1.165) is 0 Å². The van der Waals surface area contributed by atoms with Crippen LogP contribution in [0.25, 0.3) is 0 Å². The van der Waals surface area contributed by atoms with Crippen LogP contribution in [0.1, 0.15) is 32.1 Å². The van der Waals surface area contributed by atoms with E-state index in [9.17, 15) is 0 Å². The van der Waals surface area contributed by atoms with Crippen LogP contribution < -0.4 is 34.0 Å². The standard InChI is InChI=1S/C13H28N2.2BrH.2H2O/c1-14(8-3-4-9-14)12-7-13-15(2)10-5-6-11-15;;;;/h3-13H2,1-2H3;2*1H;2*1H2/q+2;;;;/p-2. The number of rotatable bonds is 4. The summed E-state index contributed by atoms with van der Waals surface area (Å²) in [6.45, 7) is 8.59. The summed E-state index contributed by atoms with van der Waals surface area (Å²) in [5.41, 5.74) is 0. The van der Waals surface area contributed by atoms with Crippen molar-refractivity contribution in [3.05, 3.63) is 0 Å². The lowest BCUT2D eigenvalue weighted by molar-refractivity contribution is -0.916. The van der Waals surface area contributed by atoms with Crippen LogP contribution in [0, 0.1) is 0 Å². The summed E-state index contributed by atoms with van der Waals surface area (Å²) in [4.78, 5) is 0. The quantitative estimate of drug-likeness (QED) is 0.417. The van der Waals surface area contributed by atoms with Crippen LogP contribution in [0.3, 0.4) is 0 Å². The molecule has 19 heavy (non-hydrogen) atoms. The van der Waals surface area contributed by atoms with Crippen molar-refractivity contribution in [1.29, 1.82) is 0 Å². The monoisotopic (exact) mass is 406 g/mol. The van der Waals surface area contributed by atoms with Crippen LogP contribution in [-0.2, 0) is 0 Å². The number of hydrogen-bond donors (Lipinski definition) is 0. The highest BCUT2D eigenvalue weighted by molar-refractivity contribution is 4.55. The van der Waals surface area contributed by atoms with E-state index in [4.69, 9.17) is 0 Å². The van der Waals surface area contributed by atoms with Crippen molar-refractivity contribution in [2.45, 2.75) is 32.1 Å². The second-order valence-corrected chi connectivity index (χ2v) is 6.35. The van der Waals surface area contributed by atoms with Crippen molar-refractivity contribution in [1.82, 2.24) is 0 Å². The second kappa shape index (κ2) is 10.5. The molecule has 2 rings (SSSR count). The number of quaternary nitrogens is 2. The van der Waals surface area contributed by atoms with Gasteiger partial charge in [-0.3, -0.25) is 0 Å². The van der Waals surface area contributed by atoms with Gasteiger partial charge in [-0.1, -0.05) is 0 Å². The summed E-state index contributed by atoms with van der Waals surface area (Å²) in [7, 11) is 4.91. The third-order valence-corrected chi connectivity index (χ3v) is 4.69. The molecule has 0 aliphatic carbocycles. The smallest absolute Gasteiger partial charge is 0.0838 e. The van der Waals surface area contributed by atoms with Crippen LogP contribution in [0.5, 0.6) is 0 Å². The predicted octanol–water partition coefficient (Wildman–Crippen LogP) is -5.78. The van der Waals surface area contributed by atoms with E-state index in [0.29, 0.717) is 0 Å². The molecule has 2 saturated heterocycles. The van der Waals surface area contributed by atoms with Crippen molar-refractivity contribution < 1.29 is 53.9 Å². The largest absolute Gasteiger partial charge is 1.00 e. The first-order chi connectivity index (χ1) is 7.12. The average molecular weight is 408 g/mol. The molecule has 2 aliphatic heterocycles. The molecule has 0 bridgehead atoms. The fourth-order valence-electron chi connectivity index (χ4n) is 3.48. The average Bonchev–Trinajstić information content (AvgIpc) is 2.76. The van der Waals surface area contributed by atoms with Gasteiger partial charge in [0.15, 0.2) is 0 Å². The van der Waals surface area contributed by atoms with E-state index in [1.165, 1.54) is 80.3 Å². The Labute approximate surface area is 139 Å². The van der Waals surface area contributed by atoms with E-state index in [2.05, 4.69) is 14.1 Å². The predicted molar refractivity (Wildman–Crippen MR) is 71.9 cm³/mol. The van der Waals surface area contributed by atoms with Crippen molar-refractivity contribution >= 4 is 0 Å². The number of likely N-dealkylation sites (tertiary alicyclic amines) is 2. The lowest BCUT2D eigenvalue weighted by Gasteiger charge is -2.33. The summed E-state index contributed by atoms with van der Waals surface area (Å²) in [6, 6.07) is 0. The summed E-state index contributed by atoms with van der Waals surface area (Å²) in [5, 5.41) is 0. The molecule has 2 heterocycles. The van der Waals surface area contributed by atoms with E-state index in [1.807, 2.05) is 0 Å². The van der Waals surface area contributed by atoms with E-state index in [-0.39, 0.29) is 44.9 Å². The Morgan fingerprint density at radius 3 is 1.16 bits per heavy atom. The highest BCUT2D eigenvalue weighted by atomic mass is 79.9. The SMILES string of the molecule is C[N+]1(CCC[N+]2(C)CCCC2)CCCC1.O.O.[Br-].[Br-]. The molecule has 0 unspecified atom stereocenters. The Hall–Kier alpha value is 0.800. The fraction of sp³-hybridized carbons (Fsp3) is 1.00. The summed E-state index contributed by atoms with van der Waals surface area (Å²) in [5.74, 6) is 0. The summed E-state index contributed by atoms with van der Waals surface area (Å²) < 4.78 is 2.72. The van der Waals surface area contributed by atoms with Gasteiger partial charge in [-0.15, -0.1) is 0 Å². The van der Waals surface area contributed by atoms with Gasteiger partial charge in [-0.2, -0.15) is 0 Å². The highest BCUT2D eigenvalue weighted by Crippen LogP contribution is 2.20. The van der Waals surface area contributed by atoms with Gasteiger partial charge in [0.1, 0.15) is 0 Å². The molecule has 0 aromatic heterocycles. The zero-order valence-electron chi connectivity index (χ0n) is 12.4. The van der Waals surface area contributed by atoms with Crippen LogP contribution in [0.4, 0.5) is 0 Å². The minimum Gasteiger partial charge on any atom is -1.00 e. The van der Waals surface area contributed by atoms with Crippen LogP contribution in [-0.4, -0.2) is 73.3 Å². The highest BCUT2D eigenvalue weighted by Gasteiger charge is 2.30. The van der Waals surface area contributed by atoms with Crippen LogP contribution in [0.2, 0.25) is 0 Å². The van der Waals surface area contributed by atoms with E-state index >= 15 is 0 Å². The summed E-state index contributed by atoms with van der Waals surface area (Å²) >= 11 is 0. The van der Waals surface area contributed by atoms with Crippen molar-refractivity contribution in [2.24, 2.45) is 0 Å².